The lowest BCUT2D eigenvalue weighted by molar-refractivity contribution is -0.464. The highest BCUT2D eigenvalue weighted by Crippen LogP contribution is 2.26. The maximum absolute atomic E-state index is 12.6. The van der Waals surface area contributed by atoms with E-state index in [1.54, 1.807) is 19.1 Å². The van der Waals surface area contributed by atoms with Gasteiger partial charge in [-0.15, -0.1) is 5.10 Å². The third-order valence-corrected chi connectivity index (χ3v) is 5.76. The third-order valence-electron chi connectivity index (χ3n) is 4.11. The van der Waals surface area contributed by atoms with E-state index in [0.29, 0.717) is 16.4 Å². The van der Waals surface area contributed by atoms with Gasteiger partial charge in [0.05, 0.1) is 10.6 Å². The molecule has 0 aliphatic carbocycles. The molecule has 0 bridgehead atoms. The van der Waals surface area contributed by atoms with Gasteiger partial charge in [0, 0.05) is 40.4 Å². The first kappa shape index (κ1) is 19.7. The fraction of sp³-hybridized carbons (Fsp3) is 0.111. The lowest BCUT2D eigenvalue weighted by Crippen LogP contribution is -2.72. The minimum Gasteiger partial charge on any atom is -0.350 e. The van der Waals surface area contributed by atoms with Gasteiger partial charge in [-0.25, -0.2) is 8.42 Å². The molecule has 0 saturated carbocycles. The van der Waals surface area contributed by atoms with E-state index in [9.17, 15) is 8.42 Å². The first-order valence-electron chi connectivity index (χ1n) is 8.23. The molecule has 2 aromatic carbocycles. The van der Waals surface area contributed by atoms with Crippen LogP contribution in [0.5, 0.6) is 0 Å². The van der Waals surface area contributed by atoms with E-state index in [0.717, 1.165) is 16.5 Å². The molecule has 10 heteroatoms. The number of hydrogen-bond donors (Lipinski definition) is 4. The first-order chi connectivity index (χ1) is 13.2. The Bertz CT molecular complexity index is 1190. The lowest BCUT2D eigenvalue weighted by atomic mass is 10.1. The first-order valence-corrected chi connectivity index (χ1v) is 10.1. The van der Waals surface area contributed by atoms with Crippen LogP contribution in [0.3, 0.4) is 0 Å². The number of rotatable bonds is 5. The van der Waals surface area contributed by atoms with Crippen molar-refractivity contribution >= 4 is 49.9 Å². The van der Waals surface area contributed by atoms with Crippen molar-refractivity contribution in [3.05, 3.63) is 59.2 Å². The number of anilines is 1. The molecule has 0 spiro atoms. The molecule has 6 N–H and O–H groups in total. The zero-order chi connectivity index (χ0) is 20.5. The monoisotopic (exact) mass is 419 g/mol. The minimum absolute atomic E-state index is 0.0176. The van der Waals surface area contributed by atoms with Crippen molar-refractivity contribution in [2.45, 2.75) is 11.8 Å². The van der Waals surface area contributed by atoms with Crippen LogP contribution in [-0.2, 0) is 17.1 Å². The zero-order valence-corrected chi connectivity index (χ0v) is 16.8. The molecular formula is C18H20ClN6O2S+. The summed E-state index contributed by atoms with van der Waals surface area (Å²) in [6.45, 7) is 1.80. The molecule has 0 amide bonds. The Morgan fingerprint density at radius 2 is 1.86 bits per heavy atom. The highest BCUT2D eigenvalue weighted by molar-refractivity contribution is 7.92. The Kier molecular flexibility index (Phi) is 5.30. The zero-order valence-electron chi connectivity index (χ0n) is 15.3. The number of guanidine groups is 1. The van der Waals surface area contributed by atoms with Gasteiger partial charge in [-0.1, -0.05) is 11.6 Å². The van der Waals surface area contributed by atoms with E-state index < -0.39 is 10.0 Å². The summed E-state index contributed by atoms with van der Waals surface area (Å²) in [7, 11) is -1.84. The van der Waals surface area contributed by atoms with E-state index in [-0.39, 0.29) is 10.9 Å². The molecule has 0 fully saturated rings. The molecule has 8 nitrogen and oxygen atoms in total. The molecular weight excluding hydrogens is 400 g/mol. The normalized spacial score (nSPS) is 12.2. The maximum Gasteiger partial charge on any atom is 0.362 e. The van der Waals surface area contributed by atoms with Crippen LogP contribution in [-0.4, -0.2) is 24.7 Å². The average molecular weight is 420 g/mol. The molecule has 28 heavy (non-hydrogen) atoms. The van der Waals surface area contributed by atoms with Gasteiger partial charge in [-0.05, 0) is 49.4 Å². The van der Waals surface area contributed by atoms with Crippen LogP contribution >= 0.6 is 11.6 Å². The number of nitrogens with one attached hydrogen (secondary N) is 2. The third kappa shape index (κ3) is 4.10. The maximum atomic E-state index is 12.6. The quantitative estimate of drug-likeness (QED) is 0.275. The summed E-state index contributed by atoms with van der Waals surface area (Å²) in [4.78, 5) is 0.126. The van der Waals surface area contributed by atoms with Gasteiger partial charge in [0.1, 0.15) is 0 Å². The SMILES string of the molecule is CC(=N[NH+]=C(N)N)c1cn(C)c2ccc(NS(=O)(=O)c3ccc(Cl)cc3)cc12. The van der Waals surface area contributed by atoms with Crippen molar-refractivity contribution in [1.82, 2.24) is 4.57 Å². The molecule has 146 valence electrons. The molecule has 0 atom stereocenters. The van der Waals surface area contributed by atoms with Crippen molar-refractivity contribution < 1.29 is 13.5 Å². The van der Waals surface area contributed by atoms with Crippen LogP contribution in [0, 0.1) is 0 Å². The van der Waals surface area contributed by atoms with E-state index >= 15 is 0 Å². The molecule has 0 radical (unpaired) electrons. The van der Waals surface area contributed by atoms with Crippen LogP contribution in [0.25, 0.3) is 10.9 Å². The van der Waals surface area contributed by atoms with Gasteiger partial charge in [0.25, 0.3) is 10.0 Å². The second-order valence-corrected chi connectivity index (χ2v) is 8.33. The van der Waals surface area contributed by atoms with Gasteiger partial charge >= 0.3 is 5.96 Å². The second-order valence-electron chi connectivity index (χ2n) is 6.21. The summed E-state index contributed by atoms with van der Waals surface area (Å²) in [5, 5.41) is 7.95. The standard InChI is InChI=1S/C18H19ClN6O2S/c1-11(22-23-18(20)21)16-10-25(2)17-8-5-13(9-15(16)17)24-28(26,27)14-6-3-12(19)4-7-14/h3-10,24H,1-2H3,(H4,20,21,23)/p+1. The van der Waals surface area contributed by atoms with Crippen LogP contribution in [0.1, 0.15) is 12.5 Å². The van der Waals surface area contributed by atoms with Gasteiger partial charge in [0.2, 0.25) is 0 Å². The van der Waals surface area contributed by atoms with Gasteiger partial charge < -0.3 is 4.57 Å². The van der Waals surface area contributed by atoms with Gasteiger partial charge in [0.15, 0.2) is 0 Å². The summed E-state index contributed by atoms with van der Waals surface area (Å²) in [6, 6.07) is 11.3. The number of benzene rings is 2. The van der Waals surface area contributed by atoms with Crippen LogP contribution in [0.4, 0.5) is 5.69 Å². The summed E-state index contributed by atoms with van der Waals surface area (Å²) in [5.74, 6) is -0.0176. The van der Waals surface area contributed by atoms with Crippen molar-refractivity contribution in [2.24, 2.45) is 23.6 Å². The number of aryl methyl sites for hydroxylation is 1. The van der Waals surface area contributed by atoms with E-state index in [4.69, 9.17) is 23.1 Å². The fourth-order valence-corrected chi connectivity index (χ4v) is 3.96. The topological polar surface area (TPSA) is 129 Å². The predicted octanol–water partition coefficient (Wildman–Crippen LogP) is 0.711. The molecule has 0 saturated heterocycles. The Labute approximate surface area is 167 Å². The number of sulfonamides is 1. The summed E-state index contributed by atoms with van der Waals surface area (Å²) in [5.41, 5.74) is 13.6. The molecule has 0 unspecified atom stereocenters. The summed E-state index contributed by atoms with van der Waals surface area (Å²) < 4.78 is 29.8. The van der Waals surface area contributed by atoms with Crippen molar-refractivity contribution in [3.63, 3.8) is 0 Å². The largest absolute Gasteiger partial charge is 0.362 e. The van der Waals surface area contributed by atoms with Crippen molar-refractivity contribution in [3.8, 4) is 0 Å². The highest BCUT2D eigenvalue weighted by atomic mass is 35.5. The highest BCUT2D eigenvalue weighted by Gasteiger charge is 2.16. The summed E-state index contributed by atoms with van der Waals surface area (Å²) >= 11 is 5.83. The Morgan fingerprint density at radius 3 is 2.50 bits per heavy atom. The Hall–Kier alpha value is -3.04. The number of hydrazone groups is 1. The van der Waals surface area contributed by atoms with Crippen molar-refractivity contribution in [1.29, 1.82) is 0 Å². The van der Waals surface area contributed by atoms with Crippen molar-refractivity contribution in [2.75, 3.05) is 4.72 Å². The fourth-order valence-electron chi connectivity index (χ4n) is 2.78. The molecule has 0 aliphatic heterocycles. The molecule has 1 aromatic heterocycles. The predicted molar refractivity (Wildman–Crippen MR) is 112 cm³/mol. The number of halogens is 1. The van der Waals surface area contributed by atoms with Gasteiger partial charge in [-0.3, -0.25) is 16.2 Å². The second kappa shape index (κ2) is 7.53. The number of fused-ring (bicyclic) bond motifs is 1. The molecule has 3 aromatic rings. The Morgan fingerprint density at radius 1 is 1.18 bits per heavy atom. The number of aromatic nitrogens is 1. The molecule has 0 aliphatic rings. The van der Waals surface area contributed by atoms with Crippen LogP contribution in [0.2, 0.25) is 5.02 Å². The number of nitrogens with zero attached hydrogens (tertiary/aromatic N) is 2. The van der Waals surface area contributed by atoms with Crippen LogP contribution < -0.4 is 21.3 Å². The van der Waals surface area contributed by atoms with E-state index in [2.05, 4.69) is 14.9 Å². The number of nitrogens with two attached hydrogens (primary N) is 2. The van der Waals surface area contributed by atoms with E-state index in [1.165, 1.54) is 24.3 Å². The Balaban J connectivity index is 2.02. The average Bonchev–Trinajstić information content (AvgIpc) is 2.96. The van der Waals surface area contributed by atoms with Crippen LogP contribution in [0.15, 0.2) is 58.7 Å². The molecule has 1 heterocycles. The smallest absolute Gasteiger partial charge is 0.350 e. The summed E-state index contributed by atoms with van der Waals surface area (Å²) in [6.07, 6.45) is 1.90. The minimum atomic E-state index is -3.74. The van der Waals surface area contributed by atoms with E-state index in [1.807, 2.05) is 23.9 Å². The lowest BCUT2D eigenvalue weighted by Gasteiger charge is -2.09. The molecule has 3 rings (SSSR count). The number of hydrogen-bond acceptors (Lipinski definition) is 3. The van der Waals surface area contributed by atoms with Gasteiger partial charge in [-0.2, -0.15) is 5.10 Å².